The van der Waals surface area contributed by atoms with Crippen molar-refractivity contribution in [2.24, 2.45) is 0 Å². The Labute approximate surface area is 114 Å². The van der Waals surface area contributed by atoms with Gasteiger partial charge >= 0.3 is 0 Å². The van der Waals surface area contributed by atoms with Gasteiger partial charge in [-0.2, -0.15) is 5.26 Å². The largest absolute Gasteiger partial charge is 0.264 e. The number of hydrogen-bond acceptors (Lipinski definition) is 5. The third-order valence-electron chi connectivity index (χ3n) is 2.12. The fourth-order valence-corrected chi connectivity index (χ4v) is 2.38. The van der Waals surface area contributed by atoms with E-state index in [9.17, 15) is 8.42 Å². The van der Waals surface area contributed by atoms with Crippen molar-refractivity contribution in [3.8, 4) is 6.07 Å². The summed E-state index contributed by atoms with van der Waals surface area (Å²) in [6.45, 7) is 0. The summed E-state index contributed by atoms with van der Waals surface area (Å²) in [5.41, 5.74) is 0.139. The fraction of sp³-hybridized carbons (Fsp3) is 0. The van der Waals surface area contributed by atoms with Crippen LogP contribution in [0.25, 0.3) is 0 Å². The normalized spacial score (nSPS) is 10.7. The Hall–Kier alpha value is -2.17. The molecule has 0 fully saturated rings. The van der Waals surface area contributed by atoms with Crippen LogP contribution in [0.2, 0.25) is 5.15 Å². The van der Waals surface area contributed by atoms with Crippen LogP contribution in [0.3, 0.4) is 0 Å². The van der Waals surface area contributed by atoms with Crippen molar-refractivity contribution in [2.75, 3.05) is 4.72 Å². The lowest BCUT2D eigenvalue weighted by Gasteiger charge is -2.06. The van der Waals surface area contributed by atoms with Gasteiger partial charge in [-0.25, -0.2) is 18.4 Å². The molecule has 2 aromatic rings. The lowest BCUT2D eigenvalue weighted by molar-refractivity contribution is 0.600. The second-order valence-corrected chi connectivity index (χ2v) is 5.51. The molecule has 0 saturated heterocycles. The number of nitriles is 1. The second kappa shape index (κ2) is 5.22. The summed E-state index contributed by atoms with van der Waals surface area (Å²) in [5.74, 6) is 0.108. The van der Waals surface area contributed by atoms with E-state index in [0.29, 0.717) is 0 Å². The molecule has 0 aromatic carbocycles. The molecule has 2 aromatic heterocycles. The average molecular weight is 295 g/mol. The third kappa shape index (κ3) is 3.19. The Kier molecular flexibility index (Phi) is 3.64. The zero-order valence-corrected chi connectivity index (χ0v) is 11.0. The van der Waals surface area contributed by atoms with E-state index >= 15 is 0 Å². The van der Waals surface area contributed by atoms with E-state index < -0.39 is 10.0 Å². The second-order valence-electron chi connectivity index (χ2n) is 3.44. The molecule has 0 radical (unpaired) electrons. The monoisotopic (exact) mass is 294 g/mol. The van der Waals surface area contributed by atoms with Gasteiger partial charge in [-0.3, -0.25) is 4.72 Å². The van der Waals surface area contributed by atoms with Crippen LogP contribution in [0, 0.1) is 11.3 Å². The van der Waals surface area contributed by atoms with Crippen molar-refractivity contribution in [1.82, 2.24) is 9.97 Å². The predicted octanol–water partition coefficient (Wildman–Crippen LogP) is 1.80. The van der Waals surface area contributed by atoms with Crippen molar-refractivity contribution in [2.45, 2.75) is 4.90 Å². The summed E-state index contributed by atoms with van der Waals surface area (Å²) in [5, 5.41) is 8.77. The van der Waals surface area contributed by atoms with E-state index in [-0.39, 0.29) is 21.6 Å². The Bertz CT molecular complexity index is 738. The highest BCUT2D eigenvalue weighted by molar-refractivity contribution is 7.92. The molecule has 0 aliphatic carbocycles. The molecule has 2 heterocycles. The van der Waals surface area contributed by atoms with Gasteiger partial charge in [-0.05, 0) is 24.3 Å². The fourth-order valence-electron chi connectivity index (χ4n) is 1.27. The van der Waals surface area contributed by atoms with Crippen LogP contribution < -0.4 is 4.72 Å². The molecule has 19 heavy (non-hydrogen) atoms. The van der Waals surface area contributed by atoms with Crippen molar-refractivity contribution in [1.29, 1.82) is 5.26 Å². The topological polar surface area (TPSA) is 95.7 Å². The van der Waals surface area contributed by atoms with E-state index in [1.807, 2.05) is 0 Å². The molecule has 0 aliphatic heterocycles. The summed E-state index contributed by atoms with van der Waals surface area (Å²) >= 11 is 5.66. The minimum Gasteiger partial charge on any atom is -0.263 e. The number of rotatable bonds is 3. The van der Waals surface area contributed by atoms with Crippen LogP contribution >= 0.6 is 11.6 Å². The Morgan fingerprint density at radius 1 is 1.26 bits per heavy atom. The lowest BCUT2D eigenvalue weighted by Crippen LogP contribution is -2.14. The first-order chi connectivity index (χ1) is 9.01. The van der Waals surface area contributed by atoms with Crippen LogP contribution in [0.5, 0.6) is 0 Å². The minimum absolute atomic E-state index is 0.0618. The first-order valence-electron chi connectivity index (χ1n) is 5.03. The van der Waals surface area contributed by atoms with Crippen LogP contribution in [0.15, 0.2) is 41.4 Å². The third-order valence-corrected chi connectivity index (χ3v) is 3.67. The highest BCUT2D eigenvalue weighted by Crippen LogP contribution is 2.15. The summed E-state index contributed by atoms with van der Waals surface area (Å²) in [6.07, 6.45) is 1.10. The van der Waals surface area contributed by atoms with Gasteiger partial charge in [0.15, 0.2) is 0 Å². The number of hydrogen-bond donors (Lipinski definition) is 1. The number of nitrogens with zero attached hydrogens (tertiary/aromatic N) is 3. The molecule has 0 amide bonds. The quantitative estimate of drug-likeness (QED) is 0.871. The zero-order valence-electron chi connectivity index (χ0n) is 9.41. The first-order valence-corrected chi connectivity index (χ1v) is 6.89. The highest BCUT2D eigenvalue weighted by atomic mass is 35.5. The molecule has 8 heteroatoms. The van der Waals surface area contributed by atoms with E-state index in [4.69, 9.17) is 16.9 Å². The average Bonchev–Trinajstić information content (AvgIpc) is 2.38. The van der Waals surface area contributed by atoms with Gasteiger partial charge in [0.2, 0.25) is 0 Å². The van der Waals surface area contributed by atoms with Gasteiger partial charge in [-0.1, -0.05) is 17.7 Å². The Morgan fingerprint density at radius 2 is 2.05 bits per heavy atom. The van der Waals surface area contributed by atoms with Crippen molar-refractivity contribution in [3.63, 3.8) is 0 Å². The van der Waals surface area contributed by atoms with E-state index in [1.54, 1.807) is 12.1 Å². The standard InChI is InChI=1S/C11H7ClN4O2S/c12-10-2-1-3-11(15-10)16-19(17,18)9-5-4-8(6-13)14-7-9/h1-5,7H,(H,15,16). The summed E-state index contributed by atoms with van der Waals surface area (Å²) in [6, 6.07) is 8.99. The zero-order chi connectivity index (χ0) is 13.9. The van der Waals surface area contributed by atoms with Crippen LogP contribution in [-0.2, 0) is 10.0 Å². The molecule has 0 spiro atoms. The summed E-state index contributed by atoms with van der Waals surface area (Å²) in [4.78, 5) is 7.45. The Balaban J connectivity index is 2.30. The van der Waals surface area contributed by atoms with Gasteiger partial charge in [0.25, 0.3) is 10.0 Å². The predicted molar refractivity (Wildman–Crippen MR) is 69.0 cm³/mol. The smallest absolute Gasteiger partial charge is 0.263 e. The number of halogens is 1. The molecule has 2 rings (SSSR count). The number of anilines is 1. The maximum Gasteiger partial charge on any atom is 0.264 e. The van der Waals surface area contributed by atoms with E-state index in [0.717, 1.165) is 6.20 Å². The SMILES string of the molecule is N#Cc1ccc(S(=O)(=O)Nc2cccc(Cl)n2)cn1. The maximum atomic E-state index is 12.0. The number of pyridine rings is 2. The molecular weight excluding hydrogens is 288 g/mol. The van der Waals surface area contributed by atoms with Gasteiger partial charge in [0.1, 0.15) is 27.6 Å². The van der Waals surface area contributed by atoms with Crippen LogP contribution in [0.1, 0.15) is 5.69 Å². The van der Waals surface area contributed by atoms with E-state index in [2.05, 4.69) is 14.7 Å². The number of aromatic nitrogens is 2. The van der Waals surface area contributed by atoms with Crippen LogP contribution in [-0.4, -0.2) is 18.4 Å². The lowest BCUT2D eigenvalue weighted by atomic mass is 10.4. The Morgan fingerprint density at radius 3 is 2.63 bits per heavy atom. The summed E-state index contributed by atoms with van der Waals surface area (Å²) < 4.78 is 26.3. The molecule has 1 N–H and O–H groups in total. The van der Waals surface area contributed by atoms with Crippen molar-refractivity contribution >= 4 is 27.4 Å². The minimum atomic E-state index is -3.80. The van der Waals surface area contributed by atoms with Gasteiger partial charge in [-0.15, -0.1) is 0 Å². The van der Waals surface area contributed by atoms with Crippen molar-refractivity contribution in [3.05, 3.63) is 47.4 Å². The molecule has 0 atom stereocenters. The summed E-state index contributed by atoms with van der Waals surface area (Å²) in [7, 11) is -3.80. The molecule has 0 bridgehead atoms. The molecule has 6 nitrogen and oxygen atoms in total. The van der Waals surface area contributed by atoms with Gasteiger partial charge in [0, 0.05) is 6.20 Å². The highest BCUT2D eigenvalue weighted by Gasteiger charge is 2.15. The molecule has 0 saturated carbocycles. The van der Waals surface area contributed by atoms with Gasteiger partial charge in [0.05, 0.1) is 0 Å². The molecular formula is C11H7ClN4O2S. The van der Waals surface area contributed by atoms with Gasteiger partial charge < -0.3 is 0 Å². The van der Waals surface area contributed by atoms with Crippen LogP contribution in [0.4, 0.5) is 5.82 Å². The molecule has 96 valence electrons. The molecule has 0 unspecified atom stereocenters. The van der Waals surface area contributed by atoms with E-state index in [1.165, 1.54) is 24.3 Å². The number of sulfonamides is 1. The van der Waals surface area contributed by atoms with Crippen molar-refractivity contribution < 1.29 is 8.42 Å². The maximum absolute atomic E-state index is 12.0. The molecule has 0 aliphatic rings. The first kappa shape index (κ1) is 13.3. The number of nitrogens with one attached hydrogen (secondary N) is 1.